The van der Waals surface area contributed by atoms with Gasteiger partial charge in [-0.1, -0.05) is 0 Å². The molecule has 0 unspecified atom stereocenters. The number of ether oxygens (including phenoxy) is 2. The molecule has 37 heavy (non-hydrogen) atoms. The van der Waals surface area contributed by atoms with Crippen molar-refractivity contribution < 1.29 is 29.6 Å². The number of rotatable bonds is 6. The Morgan fingerprint density at radius 1 is 1.08 bits per heavy atom. The molecule has 9 nitrogen and oxygen atoms in total. The van der Waals surface area contributed by atoms with Crippen LogP contribution in [-0.2, 0) is 33.0 Å². The monoisotopic (exact) mass is 504 g/mol. The Balaban J connectivity index is 1.83. The molecule has 0 radical (unpaired) electrons. The highest BCUT2D eigenvalue weighted by Gasteiger charge is 2.29. The van der Waals surface area contributed by atoms with E-state index in [-0.39, 0.29) is 13.2 Å². The van der Waals surface area contributed by atoms with Gasteiger partial charge in [-0.15, -0.1) is 0 Å². The lowest BCUT2D eigenvalue weighted by Crippen LogP contribution is -2.30. The van der Waals surface area contributed by atoms with E-state index in [1.165, 1.54) is 11.7 Å². The van der Waals surface area contributed by atoms with Crippen molar-refractivity contribution in [1.82, 2.24) is 9.13 Å². The van der Waals surface area contributed by atoms with Gasteiger partial charge in [-0.25, -0.2) is 4.79 Å². The summed E-state index contributed by atoms with van der Waals surface area (Å²) in [6, 6.07) is 11.1. The van der Waals surface area contributed by atoms with Gasteiger partial charge in [0.15, 0.2) is 5.56 Å². The normalized spacial score (nSPS) is 12.6. The van der Waals surface area contributed by atoms with Crippen molar-refractivity contribution >= 4 is 16.9 Å². The predicted molar refractivity (Wildman–Crippen MR) is 138 cm³/mol. The zero-order valence-electron chi connectivity index (χ0n) is 20.9. The van der Waals surface area contributed by atoms with E-state index in [0.717, 1.165) is 27.7 Å². The SMILES string of the molecule is COc1ccc(Cn2c3c(c(O)c(C(=O)O)c2=O)CCCc2cc4c(cc2-3)cc(CO)n4C)c(OC)c1. The number of hydrogen-bond acceptors (Lipinski definition) is 6. The molecule has 0 fully saturated rings. The number of benzene rings is 2. The highest BCUT2D eigenvalue weighted by molar-refractivity contribution is 5.94. The molecule has 0 bridgehead atoms. The zero-order valence-corrected chi connectivity index (χ0v) is 20.9. The van der Waals surface area contributed by atoms with Gasteiger partial charge >= 0.3 is 5.97 Å². The number of aliphatic hydroxyl groups excluding tert-OH is 1. The first-order valence-corrected chi connectivity index (χ1v) is 11.9. The van der Waals surface area contributed by atoms with Gasteiger partial charge < -0.3 is 33.9 Å². The molecule has 0 saturated carbocycles. The summed E-state index contributed by atoms with van der Waals surface area (Å²) in [6.45, 7) is -0.0831. The first-order valence-electron chi connectivity index (χ1n) is 11.9. The van der Waals surface area contributed by atoms with Crippen LogP contribution in [-0.4, -0.2) is 44.6 Å². The van der Waals surface area contributed by atoms with Gasteiger partial charge in [0.05, 0.1) is 33.1 Å². The van der Waals surface area contributed by atoms with E-state index in [4.69, 9.17) is 9.47 Å². The van der Waals surface area contributed by atoms with Gasteiger partial charge in [0.1, 0.15) is 17.2 Å². The van der Waals surface area contributed by atoms with Gasteiger partial charge in [0, 0.05) is 46.4 Å². The van der Waals surface area contributed by atoms with Crippen LogP contribution in [0.3, 0.4) is 0 Å². The molecular formula is C28H28N2O7. The Bertz CT molecular complexity index is 1610. The molecule has 192 valence electrons. The number of methoxy groups -OCH3 is 2. The number of aliphatic hydroxyl groups is 1. The zero-order chi connectivity index (χ0) is 26.4. The smallest absolute Gasteiger partial charge is 0.345 e. The molecule has 2 aromatic heterocycles. The van der Waals surface area contributed by atoms with Crippen LogP contribution in [0, 0.1) is 0 Å². The number of carboxylic acids is 1. The standard InChI is InChI=1S/C28H28N2O7/c1-29-18(14-31)9-17-10-21-15(11-22(17)29)5-4-6-20-25(21)30(27(33)24(26(20)32)28(34)35)13-16-7-8-19(36-2)12-23(16)37-3/h7-12,31-32H,4-6,13-14H2,1-3H3,(H,34,35). The van der Waals surface area contributed by atoms with E-state index >= 15 is 0 Å². The molecule has 1 aliphatic carbocycles. The fourth-order valence-electron chi connectivity index (χ4n) is 5.32. The predicted octanol–water partition coefficient (Wildman–Crippen LogP) is 3.46. The molecule has 9 heteroatoms. The molecule has 0 atom stereocenters. The van der Waals surface area contributed by atoms with Crippen molar-refractivity contribution in [3.8, 4) is 28.5 Å². The molecule has 0 aliphatic heterocycles. The maximum atomic E-state index is 13.6. The number of aromatic carboxylic acids is 1. The molecule has 0 spiro atoms. The molecule has 4 aromatic rings. The molecule has 0 amide bonds. The third kappa shape index (κ3) is 3.92. The Morgan fingerprint density at radius 3 is 2.54 bits per heavy atom. The third-order valence-electron chi connectivity index (χ3n) is 7.23. The number of carboxylic acid groups (broad SMARTS) is 1. The van der Waals surface area contributed by atoms with Gasteiger partial charge in [-0.05, 0) is 55.2 Å². The van der Waals surface area contributed by atoms with Crippen LogP contribution in [0.2, 0.25) is 0 Å². The number of hydrogen-bond donors (Lipinski definition) is 3. The van der Waals surface area contributed by atoms with Crippen LogP contribution in [0.1, 0.15) is 39.2 Å². The number of nitrogens with zero attached hydrogens (tertiary/aromatic N) is 2. The fourth-order valence-corrected chi connectivity index (χ4v) is 5.32. The minimum absolute atomic E-state index is 0.0308. The van der Waals surface area contributed by atoms with E-state index in [2.05, 4.69) is 0 Å². The summed E-state index contributed by atoms with van der Waals surface area (Å²) >= 11 is 0. The maximum absolute atomic E-state index is 13.6. The van der Waals surface area contributed by atoms with E-state index in [1.807, 2.05) is 29.8 Å². The summed E-state index contributed by atoms with van der Waals surface area (Å²) in [4.78, 5) is 25.7. The van der Waals surface area contributed by atoms with Crippen molar-refractivity contribution in [3.05, 3.63) is 74.7 Å². The van der Waals surface area contributed by atoms with E-state index in [1.54, 1.807) is 25.3 Å². The summed E-state index contributed by atoms with van der Waals surface area (Å²) in [5, 5.41) is 31.5. The van der Waals surface area contributed by atoms with Crippen molar-refractivity contribution in [2.75, 3.05) is 14.2 Å². The Hall–Kier alpha value is -4.24. The van der Waals surface area contributed by atoms with Crippen molar-refractivity contribution in [2.24, 2.45) is 7.05 Å². The van der Waals surface area contributed by atoms with Gasteiger partial charge in [-0.2, -0.15) is 0 Å². The van der Waals surface area contributed by atoms with E-state index < -0.39 is 22.8 Å². The molecular weight excluding hydrogens is 476 g/mol. The highest BCUT2D eigenvalue weighted by Crippen LogP contribution is 2.40. The molecule has 2 heterocycles. The van der Waals surface area contributed by atoms with Gasteiger partial charge in [-0.3, -0.25) is 4.79 Å². The van der Waals surface area contributed by atoms with Crippen molar-refractivity contribution in [1.29, 1.82) is 0 Å². The van der Waals surface area contributed by atoms with Crippen LogP contribution in [0.5, 0.6) is 17.2 Å². The topological polar surface area (TPSA) is 123 Å². The Kier molecular flexibility index (Phi) is 6.16. The van der Waals surface area contributed by atoms with Crippen molar-refractivity contribution in [3.63, 3.8) is 0 Å². The number of carbonyl (C=O) groups is 1. The number of aromatic hydroxyl groups is 1. The minimum atomic E-state index is -1.48. The van der Waals surface area contributed by atoms with Crippen LogP contribution in [0.4, 0.5) is 0 Å². The number of aromatic nitrogens is 2. The van der Waals surface area contributed by atoms with E-state index in [0.29, 0.717) is 47.6 Å². The second kappa shape index (κ2) is 9.33. The quantitative estimate of drug-likeness (QED) is 0.367. The number of fused-ring (bicyclic) bond motifs is 4. The highest BCUT2D eigenvalue weighted by atomic mass is 16.5. The van der Waals surface area contributed by atoms with Crippen LogP contribution < -0.4 is 15.0 Å². The van der Waals surface area contributed by atoms with Crippen LogP contribution in [0.15, 0.2) is 41.2 Å². The average molecular weight is 505 g/mol. The first kappa shape index (κ1) is 24.5. The summed E-state index contributed by atoms with van der Waals surface area (Å²) in [7, 11) is 4.95. The van der Waals surface area contributed by atoms with Crippen LogP contribution >= 0.6 is 0 Å². The largest absolute Gasteiger partial charge is 0.506 e. The lowest BCUT2D eigenvalue weighted by Gasteiger charge is -2.21. The molecule has 1 aliphatic rings. The van der Waals surface area contributed by atoms with E-state index in [9.17, 15) is 24.9 Å². The maximum Gasteiger partial charge on any atom is 0.345 e. The van der Waals surface area contributed by atoms with Gasteiger partial charge in [0.25, 0.3) is 5.56 Å². The summed E-state index contributed by atoms with van der Waals surface area (Å²) in [5.74, 6) is -0.885. The summed E-state index contributed by atoms with van der Waals surface area (Å²) < 4.78 is 14.2. The van der Waals surface area contributed by atoms with Gasteiger partial charge in [0.2, 0.25) is 0 Å². The Labute approximate surface area is 212 Å². The van der Waals surface area contributed by atoms with Crippen LogP contribution in [0.25, 0.3) is 22.2 Å². The third-order valence-corrected chi connectivity index (χ3v) is 7.23. The Morgan fingerprint density at radius 2 is 1.86 bits per heavy atom. The second-order valence-corrected chi connectivity index (χ2v) is 9.20. The molecule has 0 saturated heterocycles. The number of aryl methyl sites for hydroxylation is 2. The lowest BCUT2D eigenvalue weighted by molar-refractivity contribution is 0.0690. The minimum Gasteiger partial charge on any atom is -0.506 e. The summed E-state index contributed by atoms with van der Waals surface area (Å²) in [5.41, 5.74) is 3.58. The molecule has 3 N–H and O–H groups in total. The first-order chi connectivity index (χ1) is 17.8. The molecule has 5 rings (SSSR count). The van der Waals surface area contributed by atoms with Crippen molar-refractivity contribution in [2.45, 2.75) is 32.4 Å². The lowest BCUT2D eigenvalue weighted by atomic mass is 9.97. The fraction of sp³-hybridized carbons (Fsp3) is 0.286. The molecule has 2 aromatic carbocycles. The summed E-state index contributed by atoms with van der Waals surface area (Å²) in [6.07, 6.45) is 1.76. The second-order valence-electron chi connectivity index (χ2n) is 9.20. The average Bonchev–Trinajstić information content (AvgIpc) is 3.07. The number of pyridine rings is 1.